The molecule has 0 atom stereocenters. The van der Waals surface area contributed by atoms with Gasteiger partial charge in [-0.2, -0.15) is 4.68 Å². The molecule has 0 fully saturated rings. The van der Waals surface area contributed by atoms with E-state index in [1.165, 1.54) is 11.1 Å². The number of hydrogen-bond donors (Lipinski definition) is 0. The molecule has 22 heavy (non-hydrogen) atoms. The molecule has 112 valence electrons. The average Bonchev–Trinajstić information content (AvgIpc) is 3.02. The summed E-state index contributed by atoms with van der Waals surface area (Å²) in [5, 5.41) is 13.0. The van der Waals surface area contributed by atoms with E-state index in [1.54, 1.807) is 11.8 Å². The van der Waals surface area contributed by atoms with Gasteiger partial charge in [-0.3, -0.25) is 0 Å². The highest BCUT2D eigenvalue weighted by molar-refractivity contribution is 7.98. The van der Waals surface area contributed by atoms with Crippen LogP contribution in [-0.4, -0.2) is 20.2 Å². The van der Waals surface area contributed by atoms with Crippen molar-refractivity contribution in [2.45, 2.75) is 31.2 Å². The fourth-order valence-electron chi connectivity index (χ4n) is 2.41. The summed E-state index contributed by atoms with van der Waals surface area (Å²) in [5.41, 5.74) is 4.91. The van der Waals surface area contributed by atoms with Crippen LogP contribution >= 0.6 is 11.8 Å². The van der Waals surface area contributed by atoms with E-state index in [0.29, 0.717) is 0 Å². The lowest BCUT2D eigenvalue weighted by molar-refractivity contribution is 0.752. The molecular weight excluding hydrogens is 292 g/mol. The summed E-state index contributed by atoms with van der Waals surface area (Å²) in [6, 6.07) is 16.7. The maximum Gasteiger partial charge on any atom is 0.214 e. The number of rotatable bonds is 5. The predicted molar refractivity (Wildman–Crippen MR) is 89.3 cm³/mol. The van der Waals surface area contributed by atoms with Crippen molar-refractivity contribution in [1.82, 2.24) is 20.2 Å². The van der Waals surface area contributed by atoms with E-state index in [4.69, 9.17) is 0 Å². The first-order chi connectivity index (χ1) is 10.8. The predicted octanol–water partition coefficient (Wildman–Crippen LogP) is 3.83. The molecule has 3 rings (SSSR count). The maximum absolute atomic E-state index is 4.17. The highest BCUT2D eigenvalue weighted by Crippen LogP contribution is 2.25. The van der Waals surface area contributed by atoms with Gasteiger partial charge in [0.25, 0.3) is 0 Å². The molecule has 0 radical (unpaired) electrons. The van der Waals surface area contributed by atoms with Crippen LogP contribution in [0.2, 0.25) is 0 Å². The van der Waals surface area contributed by atoms with E-state index < -0.39 is 0 Å². The minimum absolute atomic E-state index is 0.820. The molecule has 0 aliphatic carbocycles. The Bertz CT molecular complexity index is 767. The lowest BCUT2D eigenvalue weighted by Gasteiger charge is -2.09. The first kappa shape index (κ1) is 14.8. The smallest absolute Gasteiger partial charge is 0.187 e. The van der Waals surface area contributed by atoms with Crippen molar-refractivity contribution >= 4 is 11.8 Å². The molecule has 0 unspecified atom stereocenters. The Kier molecular flexibility index (Phi) is 4.53. The van der Waals surface area contributed by atoms with Gasteiger partial charge in [0.1, 0.15) is 0 Å². The van der Waals surface area contributed by atoms with Gasteiger partial charge >= 0.3 is 0 Å². The van der Waals surface area contributed by atoms with Crippen molar-refractivity contribution in [3.05, 3.63) is 65.2 Å². The zero-order valence-electron chi connectivity index (χ0n) is 12.7. The molecule has 3 aromatic rings. The van der Waals surface area contributed by atoms with E-state index in [0.717, 1.165) is 28.6 Å². The lowest BCUT2D eigenvalue weighted by atomic mass is 10.1. The molecule has 0 spiro atoms. The quantitative estimate of drug-likeness (QED) is 0.672. The van der Waals surface area contributed by atoms with E-state index >= 15 is 0 Å². The number of para-hydroxylation sites is 1. The van der Waals surface area contributed by atoms with E-state index in [1.807, 2.05) is 22.9 Å². The van der Waals surface area contributed by atoms with Crippen LogP contribution in [-0.2, 0) is 12.2 Å². The Morgan fingerprint density at radius 2 is 1.73 bits per heavy atom. The van der Waals surface area contributed by atoms with E-state index in [-0.39, 0.29) is 0 Å². The summed E-state index contributed by atoms with van der Waals surface area (Å²) in [5.74, 6) is 0.871. The Morgan fingerprint density at radius 1 is 1.00 bits per heavy atom. The third-order valence-corrected chi connectivity index (χ3v) is 4.61. The van der Waals surface area contributed by atoms with Crippen molar-refractivity contribution in [3.8, 4) is 5.69 Å². The average molecular weight is 310 g/mol. The van der Waals surface area contributed by atoms with Crippen LogP contribution in [0.25, 0.3) is 5.69 Å². The van der Waals surface area contributed by atoms with Crippen LogP contribution in [0.1, 0.15) is 23.6 Å². The summed E-state index contributed by atoms with van der Waals surface area (Å²) in [6.45, 7) is 4.25. The summed E-state index contributed by atoms with van der Waals surface area (Å²) in [6.07, 6.45) is 1.04. The number of tetrazole rings is 1. The molecule has 0 saturated heterocycles. The third-order valence-electron chi connectivity index (χ3n) is 3.64. The largest absolute Gasteiger partial charge is 0.214 e. The monoisotopic (exact) mass is 310 g/mol. The molecular formula is C17H18N4S. The molecule has 1 aromatic heterocycles. The second-order valence-corrected chi connectivity index (χ2v) is 6.01. The topological polar surface area (TPSA) is 43.6 Å². The van der Waals surface area contributed by atoms with Gasteiger partial charge in [0.15, 0.2) is 0 Å². The van der Waals surface area contributed by atoms with Crippen molar-refractivity contribution in [2.24, 2.45) is 0 Å². The third kappa shape index (κ3) is 3.04. The summed E-state index contributed by atoms with van der Waals surface area (Å²) in [4.78, 5) is 0. The molecule has 0 aliphatic heterocycles. The van der Waals surface area contributed by atoms with Crippen molar-refractivity contribution in [1.29, 1.82) is 0 Å². The Morgan fingerprint density at radius 3 is 2.50 bits per heavy atom. The molecule has 0 bridgehead atoms. The fourth-order valence-corrected chi connectivity index (χ4v) is 3.32. The first-order valence-corrected chi connectivity index (χ1v) is 8.32. The summed E-state index contributed by atoms with van der Waals surface area (Å²) >= 11 is 1.67. The van der Waals surface area contributed by atoms with Crippen LogP contribution in [0.5, 0.6) is 0 Å². The Balaban J connectivity index is 1.83. The van der Waals surface area contributed by atoms with Gasteiger partial charge < -0.3 is 0 Å². The van der Waals surface area contributed by atoms with Crippen LogP contribution in [0.3, 0.4) is 0 Å². The molecule has 2 aromatic carbocycles. The number of aryl methyl sites for hydroxylation is 2. The Labute approximate surface area is 134 Å². The number of nitrogens with zero attached hydrogens (tertiary/aromatic N) is 4. The van der Waals surface area contributed by atoms with E-state index in [2.05, 4.69) is 59.7 Å². The number of hydrogen-bond acceptors (Lipinski definition) is 4. The lowest BCUT2D eigenvalue weighted by Crippen LogP contribution is -2.01. The van der Waals surface area contributed by atoms with Crippen LogP contribution in [0, 0.1) is 6.92 Å². The second kappa shape index (κ2) is 6.75. The SMILES string of the molecule is CCc1ccccc1CSc1nnnn1-c1ccccc1C. The maximum atomic E-state index is 4.17. The van der Waals surface area contributed by atoms with Gasteiger partial charge in [-0.15, -0.1) is 5.10 Å². The molecule has 0 saturated carbocycles. The zero-order chi connectivity index (χ0) is 15.4. The van der Waals surface area contributed by atoms with Crippen LogP contribution < -0.4 is 0 Å². The van der Waals surface area contributed by atoms with Crippen LogP contribution in [0.4, 0.5) is 0 Å². The van der Waals surface area contributed by atoms with Gasteiger partial charge in [-0.25, -0.2) is 0 Å². The fraction of sp³-hybridized carbons (Fsp3) is 0.235. The molecule has 5 heteroatoms. The molecule has 0 N–H and O–H groups in total. The summed E-state index contributed by atoms with van der Waals surface area (Å²) < 4.78 is 1.81. The molecule has 1 heterocycles. The van der Waals surface area contributed by atoms with Crippen molar-refractivity contribution < 1.29 is 0 Å². The van der Waals surface area contributed by atoms with Gasteiger partial charge in [-0.1, -0.05) is 61.2 Å². The second-order valence-electron chi connectivity index (χ2n) is 5.07. The normalized spacial score (nSPS) is 10.8. The van der Waals surface area contributed by atoms with Gasteiger partial charge in [-0.05, 0) is 46.5 Å². The molecule has 0 aliphatic rings. The highest BCUT2D eigenvalue weighted by atomic mass is 32.2. The van der Waals surface area contributed by atoms with Crippen molar-refractivity contribution in [2.75, 3.05) is 0 Å². The van der Waals surface area contributed by atoms with Gasteiger partial charge in [0.05, 0.1) is 5.69 Å². The number of benzene rings is 2. The minimum Gasteiger partial charge on any atom is -0.187 e. The highest BCUT2D eigenvalue weighted by Gasteiger charge is 2.11. The zero-order valence-corrected chi connectivity index (χ0v) is 13.5. The van der Waals surface area contributed by atoms with Crippen LogP contribution in [0.15, 0.2) is 53.7 Å². The molecule has 0 amide bonds. The van der Waals surface area contributed by atoms with Gasteiger partial charge in [0.2, 0.25) is 5.16 Å². The first-order valence-electron chi connectivity index (χ1n) is 7.33. The van der Waals surface area contributed by atoms with Gasteiger partial charge in [0, 0.05) is 5.75 Å². The number of aromatic nitrogens is 4. The Hall–Kier alpha value is -2.14. The van der Waals surface area contributed by atoms with Crippen molar-refractivity contribution in [3.63, 3.8) is 0 Å². The summed E-state index contributed by atoms with van der Waals surface area (Å²) in [7, 11) is 0. The van der Waals surface area contributed by atoms with E-state index in [9.17, 15) is 0 Å². The standard InChI is InChI=1S/C17H18N4S/c1-3-14-9-5-6-10-15(14)12-22-17-18-19-20-21(17)16-11-7-4-8-13(16)2/h4-11H,3,12H2,1-2H3. The molecule has 4 nitrogen and oxygen atoms in total. The minimum atomic E-state index is 0.820. The number of thioether (sulfide) groups is 1.